The van der Waals surface area contributed by atoms with Gasteiger partial charge in [-0.05, 0) is 23.3 Å². The third-order valence-electron chi connectivity index (χ3n) is 3.92. The summed E-state index contributed by atoms with van der Waals surface area (Å²) in [7, 11) is 0. The average Bonchev–Trinajstić information content (AvgIpc) is 2.40. The zero-order valence-electron chi connectivity index (χ0n) is 9.59. The van der Waals surface area contributed by atoms with Crippen LogP contribution < -0.4 is 0 Å². The van der Waals surface area contributed by atoms with Crippen LogP contribution in [0.4, 0.5) is 0 Å². The van der Waals surface area contributed by atoms with Crippen molar-refractivity contribution >= 4 is 11.6 Å². The van der Waals surface area contributed by atoms with Gasteiger partial charge < -0.3 is 0 Å². The molecule has 0 fully saturated rings. The number of hydrogen-bond acceptors (Lipinski definition) is 2. The molecule has 2 atom stereocenters. The topological polar surface area (TPSA) is 34.1 Å². The molecule has 4 rings (SSSR count). The molecule has 0 aromatic carbocycles. The van der Waals surface area contributed by atoms with Crippen LogP contribution in [0.3, 0.4) is 0 Å². The first kappa shape index (κ1) is 9.77. The van der Waals surface area contributed by atoms with Crippen molar-refractivity contribution in [1.82, 2.24) is 0 Å². The highest BCUT2D eigenvalue weighted by molar-refractivity contribution is 6.13. The lowest BCUT2D eigenvalue weighted by molar-refractivity contribution is -0.112. The molecule has 86 valence electrons. The first-order valence-corrected chi connectivity index (χ1v) is 6.06. The van der Waals surface area contributed by atoms with E-state index in [1.165, 1.54) is 0 Å². The first-order chi connectivity index (χ1) is 8.75. The quantitative estimate of drug-likeness (QED) is 0.644. The van der Waals surface area contributed by atoms with Gasteiger partial charge in [0.25, 0.3) is 0 Å². The Bertz CT molecular complexity index is 618. The van der Waals surface area contributed by atoms with Gasteiger partial charge in [-0.2, -0.15) is 0 Å². The summed E-state index contributed by atoms with van der Waals surface area (Å²) in [6.07, 6.45) is 14.9. The molecule has 0 aromatic heterocycles. The molecule has 0 aromatic rings. The number of allylic oxidation sites excluding steroid dienone is 12. The summed E-state index contributed by atoms with van der Waals surface area (Å²) < 4.78 is 0. The average molecular weight is 234 g/mol. The maximum absolute atomic E-state index is 11.9. The van der Waals surface area contributed by atoms with Crippen molar-refractivity contribution in [3.8, 4) is 0 Å². The molecule has 0 radical (unpaired) electrons. The number of hydrogen-bond donors (Lipinski definition) is 0. The largest absolute Gasteiger partial charge is 0.289 e. The van der Waals surface area contributed by atoms with Crippen LogP contribution in [-0.2, 0) is 9.59 Å². The second kappa shape index (κ2) is 3.16. The van der Waals surface area contributed by atoms with Gasteiger partial charge in [0.05, 0.1) is 0 Å². The summed E-state index contributed by atoms with van der Waals surface area (Å²) in [5, 5.41) is 0. The zero-order chi connectivity index (χ0) is 12.3. The fraction of sp³-hybridized carbons (Fsp3) is 0.125. The normalized spacial score (nSPS) is 31.3. The smallest absolute Gasteiger partial charge is 0.185 e. The fourth-order valence-corrected chi connectivity index (χ4v) is 3.09. The summed E-state index contributed by atoms with van der Waals surface area (Å²) in [4.78, 5) is 23.8. The van der Waals surface area contributed by atoms with Crippen LogP contribution in [0, 0.1) is 11.8 Å². The van der Waals surface area contributed by atoms with E-state index in [-0.39, 0.29) is 23.4 Å². The molecule has 0 saturated carbocycles. The van der Waals surface area contributed by atoms with Gasteiger partial charge in [-0.3, -0.25) is 9.59 Å². The maximum Gasteiger partial charge on any atom is 0.185 e. The maximum atomic E-state index is 11.9. The standard InChI is InChI=1S/C16H10O2/c17-13-8-4-10-2-6-12-14(18)7-3-9-1-5-11(13)16(10)15(9)12/h1-10H. The van der Waals surface area contributed by atoms with E-state index >= 15 is 0 Å². The Morgan fingerprint density at radius 1 is 0.611 bits per heavy atom. The van der Waals surface area contributed by atoms with Crippen LogP contribution in [0.25, 0.3) is 0 Å². The lowest BCUT2D eigenvalue weighted by Gasteiger charge is -2.34. The van der Waals surface area contributed by atoms with E-state index in [9.17, 15) is 9.59 Å². The van der Waals surface area contributed by atoms with Gasteiger partial charge >= 0.3 is 0 Å². The van der Waals surface area contributed by atoms with Crippen molar-refractivity contribution < 1.29 is 9.59 Å². The van der Waals surface area contributed by atoms with E-state index in [0.717, 1.165) is 22.3 Å². The van der Waals surface area contributed by atoms with Crippen LogP contribution >= 0.6 is 0 Å². The molecule has 18 heavy (non-hydrogen) atoms. The van der Waals surface area contributed by atoms with E-state index < -0.39 is 0 Å². The van der Waals surface area contributed by atoms with E-state index in [1.54, 1.807) is 12.2 Å². The molecule has 0 bridgehead atoms. The van der Waals surface area contributed by atoms with Gasteiger partial charge in [-0.15, -0.1) is 0 Å². The van der Waals surface area contributed by atoms with Gasteiger partial charge in [0.2, 0.25) is 0 Å². The lowest BCUT2D eigenvalue weighted by atomic mass is 9.68. The number of rotatable bonds is 0. The first-order valence-electron chi connectivity index (χ1n) is 6.06. The molecule has 2 heteroatoms. The second-order valence-electron chi connectivity index (χ2n) is 4.87. The third kappa shape index (κ3) is 1.07. The van der Waals surface area contributed by atoms with Gasteiger partial charge in [0, 0.05) is 23.0 Å². The summed E-state index contributed by atoms with van der Waals surface area (Å²) in [6, 6.07) is 0. The number of carbonyl (C=O) groups is 2. The van der Waals surface area contributed by atoms with Crippen molar-refractivity contribution in [2.24, 2.45) is 11.8 Å². The molecule has 0 amide bonds. The highest BCUT2D eigenvalue weighted by Gasteiger charge is 2.35. The molecule has 2 nitrogen and oxygen atoms in total. The van der Waals surface area contributed by atoms with Gasteiger partial charge in [-0.1, -0.05) is 36.5 Å². The third-order valence-corrected chi connectivity index (χ3v) is 3.92. The van der Waals surface area contributed by atoms with Crippen molar-refractivity contribution in [3.05, 3.63) is 70.9 Å². The highest BCUT2D eigenvalue weighted by Crippen LogP contribution is 2.44. The van der Waals surface area contributed by atoms with Crippen LogP contribution in [0.15, 0.2) is 70.9 Å². The van der Waals surface area contributed by atoms with E-state index in [4.69, 9.17) is 0 Å². The molecular weight excluding hydrogens is 224 g/mol. The Hall–Kier alpha value is -2.22. The van der Waals surface area contributed by atoms with Crippen molar-refractivity contribution in [2.45, 2.75) is 0 Å². The Balaban J connectivity index is 2.04. The highest BCUT2D eigenvalue weighted by atomic mass is 16.1. The second-order valence-corrected chi connectivity index (χ2v) is 4.87. The van der Waals surface area contributed by atoms with E-state index in [1.807, 2.05) is 36.5 Å². The minimum absolute atomic E-state index is 0.0418. The van der Waals surface area contributed by atoms with Gasteiger partial charge in [0.1, 0.15) is 0 Å². The minimum Gasteiger partial charge on any atom is -0.289 e. The molecule has 0 heterocycles. The molecule has 2 unspecified atom stereocenters. The predicted molar refractivity (Wildman–Crippen MR) is 67.6 cm³/mol. The minimum atomic E-state index is 0.0418. The SMILES string of the molecule is O=C1C=CC2C=CC3=C4C2=C1C=CC4C=CC3=O. The molecule has 4 aliphatic carbocycles. The summed E-state index contributed by atoms with van der Waals surface area (Å²) >= 11 is 0. The Morgan fingerprint density at radius 2 is 1.00 bits per heavy atom. The fourth-order valence-electron chi connectivity index (χ4n) is 3.09. The molecule has 0 spiro atoms. The Morgan fingerprint density at radius 3 is 1.44 bits per heavy atom. The molecule has 0 saturated heterocycles. The number of carbonyl (C=O) groups excluding carboxylic acids is 2. The van der Waals surface area contributed by atoms with Crippen molar-refractivity contribution in [2.75, 3.05) is 0 Å². The van der Waals surface area contributed by atoms with Crippen LogP contribution in [0.2, 0.25) is 0 Å². The Labute approximate surface area is 104 Å². The summed E-state index contributed by atoms with van der Waals surface area (Å²) in [5.74, 6) is 0.367. The summed E-state index contributed by atoms with van der Waals surface area (Å²) in [6.45, 7) is 0. The number of ketones is 2. The van der Waals surface area contributed by atoms with E-state index in [2.05, 4.69) is 0 Å². The summed E-state index contributed by atoms with van der Waals surface area (Å²) in [5.41, 5.74) is 3.56. The molecule has 0 aliphatic heterocycles. The van der Waals surface area contributed by atoms with Gasteiger partial charge in [-0.25, -0.2) is 0 Å². The van der Waals surface area contributed by atoms with Crippen LogP contribution in [-0.4, -0.2) is 11.6 Å². The molecular formula is C16H10O2. The van der Waals surface area contributed by atoms with Crippen molar-refractivity contribution in [1.29, 1.82) is 0 Å². The van der Waals surface area contributed by atoms with Crippen LogP contribution in [0.5, 0.6) is 0 Å². The van der Waals surface area contributed by atoms with Crippen molar-refractivity contribution in [3.63, 3.8) is 0 Å². The lowest BCUT2D eigenvalue weighted by Crippen LogP contribution is -2.26. The Kier molecular flexibility index (Phi) is 1.72. The molecule has 4 aliphatic rings. The predicted octanol–water partition coefficient (Wildman–Crippen LogP) is 2.23. The zero-order valence-corrected chi connectivity index (χ0v) is 9.59. The van der Waals surface area contributed by atoms with E-state index in [0.29, 0.717) is 0 Å². The molecule has 0 N–H and O–H groups in total. The monoisotopic (exact) mass is 234 g/mol. The van der Waals surface area contributed by atoms with Gasteiger partial charge in [0.15, 0.2) is 11.6 Å². The van der Waals surface area contributed by atoms with Crippen LogP contribution in [0.1, 0.15) is 0 Å².